The molecule has 3 rings (SSSR count). The first-order valence-electron chi connectivity index (χ1n) is 6.86. The smallest absolute Gasteiger partial charge is 0.341 e. The number of esters is 1. The van der Waals surface area contributed by atoms with E-state index in [9.17, 15) is 14.0 Å². The number of halogens is 1. The molecule has 0 saturated carbocycles. The highest BCUT2D eigenvalue weighted by Crippen LogP contribution is 2.22. The van der Waals surface area contributed by atoms with Gasteiger partial charge in [-0.2, -0.15) is 5.10 Å². The van der Waals surface area contributed by atoms with Crippen LogP contribution < -0.4 is 5.32 Å². The van der Waals surface area contributed by atoms with E-state index in [4.69, 9.17) is 4.74 Å². The maximum absolute atomic E-state index is 13.0. The molecule has 1 aliphatic heterocycles. The van der Waals surface area contributed by atoms with Gasteiger partial charge >= 0.3 is 5.97 Å². The molecule has 1 amide bonds. The van der Waals surface area contributed by atoms with Gasteiger partial charge in [0.25, 0.3) is 0 Å². The molecular weight excluding hydrogens is 289 g/mol. The molecule has 1 fully saturated rings. The number of carbonyl (C=O) groups is 2. The molecule has 7 heteroatoms. The van der Waals surface area contributed by atoms with Gasteiger partial charge in [-0.1, -0.05) is 0 Å². The Kier molecular flexibility index (Phi) is 3.86. The number of benzene rings is 1. The van der Waals surface area contributed by atoms with Gasteiger partial charge in [0, 0.05) is 24.4 Å². The Bertz CT molecular complexity index is 696. The molecule has 2 aromatic rings. The van der Waals surface area contributed by atoms with E-state index in [1.54, 1.807) is 12.1 Å². The first-order chi connectivity index (χ1) is 10.6. The van der Waals surface area contributed by atoms with Crippen molar-refractivity contribution in [3.8, 4) is 11.3 Å². The Labute approximate surface area is 125 Å². The number of ether oxygens (including phenoxy) is 1. The Morgan fingerprint density at radius 3 is 2.82 bits per heavy atom. The zero-order valence-electron chi connectivity index (χ0n) is 11.6. The van der Waals surface area contributed by atoms with Crippen molar-refractivity contribution in [3.05, 3.63) is 41.8 Å². The van der Waals surface area contributed by atoms with E-state index in [0.717, 1.165) is 0 Å². The van der Waals surface area contributed by atoms with Crippen molar-refractivity contribution in [2.45, 2.75) is 6.42 Å². The third-order valence-electron chi connectivity index (χ3n) is 3.50. The average molecular weight is 303 g/mol. The summed E-state index contributed by atoms with van der Waals surface area (Å²) in [5.41, 5.74) is 1.40. The number of nitrogens with zero attached hydrogens (tertiary/aromatic N) is 1. The van der Waals surface area contributed by atoms with E-state index in [2.05, 4.69) is 15.5 Å². The second-order valence-corrected chi connectivity index (χ2v) is 5.14. The van der Waals surface area contributed by atoms with Gasteiger partial charge in [-0.3, -0.25) is 9.89 Å². The van der Waals surface area contributed by atoms with E-state index < -0.39 is 5.97 Å². The number of carbonyl (C=O) groups excluding carboxylic acids is 2. The number of aromatic nitrogens is 2. The first-order valence-corrected chi connectivity index (χ1v) is 6.86. The van der Waals surface area contributed by atoms with Crippen LogP contribution in [0, 0.1) is 11.7 Å². The van der Waals surface area contributed by atoms with Crippen LogP contribution in [0.4, 0.5) is 4.39 Å². The predicted molar refractivity (Wildman–Crippen MR) is 75.4 cm³/mol. The maximum Gasteiger partial charge on any atom is 0.341 e. The molecule has 2 N–H and O–H groups in total. The van der Waals surface area contributed by atoms with Gasteiger partial charge in [-0.05, 0) is 24.3 Å². The Morgan fingerprint density at radius 1 is 1.36 bits per heavy atom. The van der Waals surface area contributed by atoms with Crippen molar-refractivity contribution in [1.29, 1.82) is 0 Å². The minimum absolute atomic E-state index is 0.00220. The van der Waals surface area contributed by atoms with Crippen molar-refractivity contribution >= 4 is 11.9 Å². The van der Waals surface area contributed by atoms with Crippen LogP contribution >= 0.6 is 0 Å². The average Bonchev–Trinajstić information content (AvgIpc) is 3.14. The summed E-state index contributed by atoms with van der Waals surface area (Å²) < 4.78 is 18.2. The Morgan fingerprint density at radius 2 is 2.14 bits per heavy atom. The van der Waals surface area contributed by atoms with Crippen molar-refractivity contribution in [3.63, 3.8) is 0 Å². The van der Waals surface area contributed by atoms with Gasteiger partial charge in [-0.25, -0.2) is 9.18 Å². The normalized spacial score (nSPS) is 17.3. The van der Waals surface area contributed by atoms with Gasteiger partial charge < -0.3 is 10.1 Å². The topological polar surface area (TPSA) is 84.1 Å². The molecule has 1 aliphatic rings. The lowest BCUT2D eigenvalue weighted by Gasteiger charge is -2.09. The predicted octanol–water partition coefficient (Wildman–Crippen LogP) is 1.51. The minimum atomic E-state index is -0.521. The fourth-order valence-electron chi connectivity index (χ4n) is 2.33. The summed E-state index contributed by atoms with van der Waals surface area (Å²) in [6, 6.07) is 5.72. The molecule has 0 spiro atoms. The summed E-state index contributed by atoms with van der Waals surface area (Å²) in [7, 11) is 0. The lowest BCUT2D eigenvalue weighted by atomic mass is 10.1. The quantitative estimate of drug-likeness (QED) is 0.839. The zero-order chi connectivity index (χ0) is 15.5. The van der Waals surface area contributed by atoms with E-state index in [0.29, 0.717) is 24.2 Å². The van der Waals surface area contributed by atoms with Crippen molar-refractivity contribution in [2.75, 3.05) is 13.2 Å². The molecular formula is C15H14FN3O3. The molecule has 0 aliphatic carbocycles. The lowest BCUT2D eigenvalue weighted by molar-refractivity contribution is -0.119. The summed E-state index contributed by atoms with van der Waals surface area (Å²) in [5, 5.41) is 9.25. The molecule has 0 bridgehead atoms. The molecule has 0 radical (unpaired) electrons. The minimum Gasteiger partial charge on any atom is -0.462 e. The van der Waals surface area contributed by atoms with Crippen LogP contribution in [0.3, 0.4) is 0 Å². The summed E-state index contributed by atoms with van der Waals surface area (Å²) in [5.74, 6) is -0.910. The molecule has 1 atom stereocenters. The van der Waals surface area contributed by atoms with E-state index in [1.807, 2.05) is 0 Å². The Hall–Kier alpha value is -2.70. The number of amides is 1. The third-order valence-corrected chi connectivity index (χ3v) is 3.50. The number of aromatic amines is 1. The van der Waals surface area contributed by atoms with Crippen LogP contribution in [0.2, 0.25) is 0 Å². The van der Waals surface area contributed by atoms with Gasteiger partial charge in [0.1, 0.15) is 11.4 Å². The highest BCUT2D eigenvalue weighted by atomic mass is 19.1. The van der Waals surface area contributed by atoms with E-state index in [-0.39, 0.29) is 29.8 Å². The molecule has 1 saturated heterocycles. The van der Waals surface area contributed by atoms with Gasteiger partial charge in [0.2, 0.25) is 5.91 Å². The fraction of sp³-hybridized carbons (Fsp3) is 0.267. The van der Waals surface area contributed by atoms with Gasteiger partial charge in [-0.15, -0.1) is 0 Å². The second-order valence-electron chi connectivity index (χ2n) is 5.14. The van der Waals surface area contributed by atoms with Crippen LogP contribution in [0.5, 0.6) is 0 Å². The molecule has 0 unspecified atom stereocenters. The van der Waals surface area contributed by atoms with Gasteiger partial charge in [0.05, 0.1) is 18.5 Å². The zero-order valence-corrected chi connectivity index (χ0v) is 11.6. The van der Waals surface area contributed by atoms with Crippen LogP contribution in [-0.2, 0) is 9.53 Å². The van der Waals surface area contributed by atoms with E-state index in [1.165, 1.54) is 18.3 Å². The highest BCUT2D eigenvalue weighted by Gasteiger charge is 2.24. The standard InChI is InChI=1S/C15H14FN3O3/c16-11-3-1-10(2-4-11)14-12(7-18-19-14)15(21)22-8-9-5-13(20)17-6-9/h1-4,7,9H,5-6,8H2,(H,17,20)(H,18,19)/t9-/m1/s1. The van der Waals surface area contributed by atoms with Crippen LogP contribution in [0.25, 0.3) is 11.3 Å². The molecule has 114 valence electrons. The van der Waals surface area contributed by atoms with Gasteiger partial charge in [0.15, 0.2) is 0 Å². The van der Waals surface area contributed by atoms with Crippen molar-refractivity contribution in [1.82, 2.24) is 15.5 Å². The van der Waals surface area contributed by atoms with Crippen LogP contribution in [0.1, 0.15) is 16.8 Å². The second kappa shape index (κ2) is 5.97. The van der Waals surface area contributed by atoms with Crippen LogP contribution in [0.15, 0.2) is 30.5 Å². The summed E-state index contributed by atoms with van der Waals surface area (Å²) >= 11 is 0. The monoisotopic (exact) mass is 303 g/mol. The van der Waals surface area contributed by atoms with Crippen molar-refractivity contribution in [2.24, 2.45) is 5.92 Å². The number of rotatable bonds is 4. The van der Waals surface area contributed by atoms with Crippen LogP contribution in [-0.4, -0.2) is 35.2 Å². The SMILES string of the molecule is O=C1C[C@@H](COC(=O)c2cn[nH]c2-c2ccc(F)cc2)CN1. The first kappa shape index (κ1) is 14.2. The molecule has 1 aromatic carbocycles. The highest BCUT2D eigenvalue weighted by molar-refractivity contribution is 5.95. The fourth-order valence-corrected chi connectivity index (χ4v) is 2.33. The Balaban J connectivity index is 1.69. The molecule has 22 heavy (non-hydrogen) atoms. The number of H-pyrrole nitrogens is 1. The molecule has 6 nitrogen and oxygen atoms in total. The van der Waals surface area contributed by atoms with E-state index >= 15 is 0 Å². The number of hydrogen-bond acceptors (Lipinski definition) is 4. The largest absolute Gasteiger partial charge is 0.462 e. The molecule has 2 heterocycles. The summed E-state index contributed by atoms with van der Waals surface area (Å²) in [6.07, 6.45) is 1.74. The number of nitrogens with one attached hydrogen (secondary N) is 2. The molecule has 1 aromatic heterocycles. The number of hydrogen-bond donors (Lipinski definition) is 2. The lowest BCUT2D eigenvalue weighted by Crippen LogP contribution is -2.17. The van der Waals surface area contributed by atoms with Crippen molar-refractivity contribution < 1.29 is 18.7 Å². The summed E-state index contributed by atoms with van der Waals surface area (Å²) in [6.45, 7) is 0.688. The maximum atomic E-state index is 13.0. The third kappa shape index (κ3) is 2.98. The summed E-state index contributed by atoms with van der Waals surface area (Å²) in [4.78, 5) is 23.2.